The number of esters is 1. The van der Waals surface area contributed by atoms with E-state index in [1.807, 2.05) is 27.7 Å². The van der Waals surface area contributed by atoms with E-state index in [0.29, 0.717) is 17.9 Å². The Bertz CT molecular complexity index is 590. The number of nitrogens with one attached hydrogen (secondary N) is 2. The molecule has 1 aromatic carbocycles. The van der Waals surface area contributed by atoms with Gasteiger partial charge in [-0.2, -0.15) is 0 Å². The number of benzene rings is 1. The van der Waals surface area contributed by atoms with Gasteiger partial charge >= 0.3 is 12.0 Å². The molecule has 0 atom stereocenters. The molecule has 0 bridgehead atoms. The van der Waals surface area contributed by atoms with Crippen LogP contribution in [0.4, 0.5) is 4.79 Å². The maximum Gasteiger partial charge on any atom is 0.338 e. The van der Waals surface area contributed by atoms with Crippen LogP contribution in [0.5, 0.6) is 5.75 Å². The lowest BCUT2D eigenvalue weighted by Gasteiger charge is -2.20. The molecule has 0 heterocycles. The minimum atomic E-state index is -0.578. The van der Waals surface area contributed by atoms with Crippen molar-refractivity contribution in [2.45, 2.75) is 46.1 Å². The first-order valence-corrected chi connectivity index (χ1v) is 8.23. The Balaban J connectivity index is 2.41. The third-order valence-electron chi connectivity index (χ3n) is 2.93. The van der Waals surface area contributed by atoms with Crippen molar-refractivity contribution in [1.82, 2.24) is 10.6 Å². The van der Waals surface area contributed by atoms with E-state index in [1.54, 1.807) is 24.3 Å². The van der Waals surface area contributed by atoms with E-state index in [1.165, 1.54) is 0 Å². The molecular weight excluding hydrogens is 324 g/mol. The van der Waals surface area contributed by atoms with Gasteiger partial charge in [0.15, 0.2) is 6.61 Å². The normalized spacial score (nSPS) is 10.7. The quantitative estimate of drug-likeness (QED) is 0.582. The lowest BCUT2D eigenvalue weighted by Crippen LogP contribution is -2.49. The third kappa shape index (κ3) is 8.74. The van der Waals surface area contributed by atoms with Gasteiger partial charge in [0.05, 0.1) is 12.2 Å². The first kappa shape index (κ1) is 20.5. The van der Waals surface area contributed by atoms with Crippen molar-refractivity contribution >= 4 is 17.9 Å². The summed E-state index contributed by atoms with van der Waals surface area (Å²) in [5.41, 5.74) is -0.0234. The number of hydrogen-bond acceptors (Lipinski definition) is 5. The smallest absolute Gasteiger partial charge is 0.338 e. The van der Waals surface area contributed by atoms with Crippen molar-refractivity contribution in [3.8, 4) is 5.75 Å². The largest absolute Gasteiger partial charge is 0.484 e. The van der Waals surface area contributed by atoms with Crippen LogP contribution in [0.2, 0.25) is 0 Å². The zero-order chi connectivity index (χ0) is 18.9. The molecule has 0 spiro atoms. The second kappa shape index (κ2) is 9.66. The predicted molar refractivity (Wildman–Crippen MR) is 93.6 cm³/mol. The highest BCUT2D eigenvalue weighted by Gasteiger charge is 2.16. The highest BCUT2D eigenvalue weighted by Crippen LogP contribution is 2.13. The Morgan fingerprint density at radius 1 is 1.08 bits per heavy atom. The van der Waals surface area contributed by atoms with Crippen LogP contribution in [0.3, 0.4) is 0 Å². The number of carbonyl (C=O) groups excluding carboxylic acids is 3. The number of hydrogen-bond donors (Lipinski definition) is 2. The van der Waals surface area contributed by atoms with Crippen molar-refractivity contribution in [1.29, 1.82) is 0 Å². The Kier molecular flexibility index (Phi) is 7.91. The summed E-state index contributed by atoms with van der Waals surface area (Å²) in [5.74, 6) is -0.544. The maximum absolute atomic E-state index is 11.8. The van der Waals surface area contributed by atoms with Gasteiger partial charge in [-0.3, -0.25) is 10.1 Å². The molecule has 1 rings (SSSR count). The lowest BCUT2D eigenvalue weighted by molar-refractivity contribution is -0.122. The van der Waals surface area contributed by atoms with E-state index in [-0.39, 0.29) is 6.61 Å². The predicted octanol–water partition coefficient (Wildman–Crippen LogP) is 2.65. The van der Waals surface area contributed by atoms with Crippen LogP contribution in [0.25, 0.3) is 0 Å². The number of unbranched alkanes of at least 4 members (excludes halogenated alkanes) is 1. The first-order chi connectivity index (χ1) is 11.7. The van der Waals surface area contributed by atoms with Crippen LogP contribution in [0, 0.1) is 0 Å². The van der Waals surface area contributed by atoms with Crippen molar-refractivity contribution in [3.05, 3.63) is 29.8 Å². The SMILES string of the molecule is CCCCOC(=O)c1ccc(OCC(=O)NC(=O)NC(C)(C)C)cc1. The summed E-state index contributed by atoms with van der Waals surface area (Å²) >= 11 is 0. The fourth-order valence-electron chi connectivity index (χ4n) is 1.76. The average Bonchev–Trinajstić information content (AvgIpc) is 2.51. The van der Waals surface area contributed by atoms with Gasteiger partial charge in [-0.25, -0.2) is 9.59 Å². The molecule has 3 amide bonds. The highest BCUT2D eigenvalue weighted by molar-refractivity contribution is 5.95. The molecule has 0 aliphatic carbocycles. The standard InChI is InChI=1S/C18H26N2O5/c1-5-6-11-24-16(22)13-7-9-14(10-8-13)25-12-15(21)19-17(23)20-18(2,3)4/h7-10H,5-6,11-12H2,1-4H3,(H2,19,20,21,23). The van der Waals surface area contributed by atoms with Gasteiger partial charge in [-0.1, -0.05) is 13.3 Å². The van der Waals surface area contributed by atoms with E-state index in [4.69, 9.17) is 9.47 Å². The van der Waals surface area contributed by atoms with Crippen LogP contribution in [-0.4, -0.2) is 36.7 Å². The summed E-state index contributed by atoms with van der Waals surface area (Å²) < 4.78 is 10.4. The number of ether oxygens (including phenoxy) is 2. The molecule has 0 unspecified atom stereocenters. The van der Waals surface area contributed by atoms with Crippen LogP contribution in [0.15, 0.2) is 24.3 Å². The van der Waals surface area contributed by atoms with E-state index >= 15 is 0 Å². The summed E-state index contributed by atoms with van der Waals surface area (Å²) in [6.07, 6.45) is 1.78. The van der Waals surface area contributed by atoms with Crippen molar-refractivity contribution in [2.75, 3.05) is 13.2 Å². The van der Waals surface area contributed by atoms with Crippen LogP contribution in [-0.2, 0) is 9.53 Å². The number of imide groups is 1. The summed E-state index contributed by atoms with van der Waals surface area (Å²) in [5, 5.41) is 4.79. The number of amides is 3. The minimum absolute atomic E-state index is 0.308. The summed E-state index contributed by atoms with van der Waals surface area (Å²) in [6.45, 7) is 7.53. The second-order valence-corrected chi connectivity index (χ2v) is 6.55. The molecule has 0 aromatic heterocycles. The topological polar surface area (TPSA) is 93.7 Å². The van der Waals surface area contributed by atoms with E-state index in [9.17, 15) is 14.4 Å². The molecule has 0 fully saturated rings. The minimum Gasteiger partial charge on any atom is -0.484 e. The summed E-state index contributed by atoms with van der Waals surface area (Å²) in [6, 6.07) is 5.69. The van der Waals surface area contributed by atoms with Crippen LogP contribution in [0.1, 0.15) is 50.9 Å². The molecule has 138 valence electrons. The van der Waals surface area contributed by atoms with Crippen molar-refractivity contribution < 1.29 is 23.9 Å². The van der Waals surface area contributed by atoms with Gasteiger partial charge in [-0.05, 0) is 51.5 Å². The maximum atomic E-state index is 11.8. The van der Waals surface area contributed by atoms with E-state index in [0.717, 1.165) is 12.8 Å². The monoisotopic (exact) mass is 350 g/mol. The zero-order valence-corrected chi connectivity index (χ0v) is 15.2. The first-order valence-electron chi connectivity index (χ1n) is 8.23. The number of rotatable bonds is 7. The van der Waals surface area contributed by atoms with Gasteiger partial charge in [-0.15, -0.1) is 0 Å². The van der Waals surface area contributed by atoms with E-state index < -0.39 is 23.4 Å². The molecule has 7 nitrogen and oxygen atoms in total. The zero-order valence-electron chi connectivity index (χ0n) is 15.2. The molecule has 0 aliphatic heterocycles. The molecule has 7 heteroatoms. The molecular formula is C18H26N2O5. The van der Waals surface area contributed by atoms with Crippen molar-refractivity contribution in [2.24, 2.45) is 0 Å². The van der Waals surface area contributed by atoms with Gasteiger partial charge in [0.25, 0.3) is 5.91 Å². The fourth-order valence-corrected chi connectivity index (χ4v) is 1.76. The van der Waals surface area contributed by atoms with Crippen LogP contribution < -0.4 is 15.4 Å². The van der Waals surface area contributed by atoms with Gasteiger partial charge < -0.3 is 14.8 Å². The number of urea groups is 1. The molecule has 0 aliphatic rings. The lowest BCUT2D eigenvalue weighted by atomic mass is 10.1. The van der Waals surface area contributed by atoms with Gasteiger partial charge in [0.1, 0.15) is 5.75 Å². The Hall–Kier alpha value is -2.57. The van der Waals surface area contributed by atoms with Gasteiger partial charge in [0.2, 0.25) is 0 Å². The highest BCUT2D eigenvalue weighted by atomic mass is 16.5. The van der Waals surface area contributed by atoms with Crippen LogP contribution >= 0.6 is 0 Å². The molecule has 2 N–H and O–H groups in total. The summed E-state index contributed by atoms with van der Waals surface area (Å²) in [4.78, 5) is 35.0. The molecule has 0 saturated carbocycles. The molecule has 25 heavy (non-hydrogen) atoms. The van der Waals surface area contributed by atoms with Crippen molar-refractivity contribution in [3.63, 3.8) is 0 Å². The van der Waals surface area contributed by atoms with E-state index in [2.05, 4.69) is 10.6 Å². The average molecular weight is 350 g/mol. The Labute approximate surface area is 148 Å². The molecule has 0 radical (unpaired) electrons. The second-order valence-electron chi connectivity index (χ2n) is 6.55. The summed E-state index contributed by atoms with van der Waals surface area (Å²) in [7, 11) is 0. The third-order valence-corrected chi connectivity index (χ3v) is 2.93. The molecule has 0 saturated heterocycles. The molecule has 1 aromatic rings. The fraction of sp³-hybridized carbons (Fsp3) is 0.500. The Morgan fingerprint density at radius 2 is 1.72 bits per heavy atom. The number of carbonyl (C=O) groups is 3. The Morgan fingerprint density at radius 3 is 2.28 bits per heavy atom. The van der Waals surface area contributed by atoms with Gasteiger partial charge in [0, 0.05) is 5.54 Å².